The lowest BCUT2D eigenvalue weighted by Gasteiger charge is -2.26. The number of Topliss-reactive ketones (excluding diaryl/α,β-unsaturated/α-hetero) is 2. The summed E-state index contributed by atoms with van der Waals surface area (Å²) in [6.45, 7) is 0. The minimum Gasteiger partial charge on any atom is -0.480 e. The molecule has 4 nitrogen and oxygen atoms in total. The van der Waals surface area contributed by atoms with Crippen molar-refractivity contribution in [1.29, 1.82) is 0 Å². The van der Waals surface area contributed by atoms with Gasteiger partial charge in [0, 0.05) is 23.5 Å². The van der Waals surface area contributed by atoms with Crippen molar-refractivity contribution in [3.8, 4) is 0 Å². The van der Waals surface area contributed by atoms with E-state index in [4.69, 9.17) is 28.3 Å². The van der Waals surface area contributed by atoms with Crippen molar-refractivity contribution in [2.45, 2.75) is 29.8 Å². The van der Waals surface area contributed by atoms with Gasteiger partial charge in [-0.3, -0.25) is 14.4 Å². The van der Waals surface area contributed by atoms with Gasteiger partial charge in [0.05, 0.1) is 0 Å². The second-order valence-corrected chi connectivity index (χ2v) is 7.02. The molecule has 2 aliphatic rings. The molecule has 1 fully saturated rings. The second kappa shape index (κ2) is 5.94. The van der Waals surface area contributed by atoms with Gasteiger partial charge in [0.1, 0.15) is 4.33 Å². The molecule has 9 heteroatoms. The molecule has 1 saturated carbocycles. The van der Waals surface area contributed by atoms with Gasteiger partial charge < -0.3 is 5.11 Å². The number of carbonyl (C=O) groups is 3. The summed E-state index contributed by atoms with van der Waals surface area (Å²) in [4.78, 5) is 35.4. The number of allylic oxidation sites excluding steroid dienone is 4. The topological polar surface area (TPSA) is 71.4 Å². The van der Waals surface area contributed by atoms with Crippen molar-refractivity contribution >= 4 is 40.7 Å². The van der Waals surface area contributed by atoms with Crippen molar-refractivity contribution in [1.82, 2.24) is 0 Å². The molecule has 0 aliphatic heterocycles. The summed E-state index contributed by atoms with van der Waals surface area (Å²) in [6, 6.07) is 0. The molecule has 126 valence electrons. The van der Waals surface area contributed by atoms with Crippen molar-refractivity contribution in [2.24, 2.45) is 11.8 Å². The summed E-state index contributed by atoms with van der Waals surface area (Å²) in [5.41, 5.74) is -2.21. The second-order valence-electron chi connectivity index (χ2n) is 5.47. The van der Waals surface area contributed by atoms with E-state index in [1.165, 1.54) is 0 Å². The highest BCUT2D eigenvalue weighted by atomic mass is 35.5. The first kappa shape index (κ1) is 18.0. The molecular formula is C14H11Cl2F3O4. The van der Waals surface area contributed by atoms with E-state index in [0.29, 0.717) is 12.8 Å². The van der Waals surface area contributed by atoms with Crippen LogP contribution in [0.3, 0.4) is 0 Å². The van der Waals surface area contributed by atoms with E-state index in [0.717, 1.165) is 12.2 Å². The third kappa shape index (κ3) is 3.95. The lowest BCUT2D eigenvalue weighted by Crippen LogP contribution is -2.36. The Morgan fingerprint density at radius 1 is 1.26 bits per heavy atom. The fourth-order valence-electron chi connectivity index (χ4n) is 2.30. The number of alkyl halides is 5. The molecule has 0 saturated heterocycles. The van der Waals surface area contributed by atoms with E-state index in [1.54, 1.807) is 0 Å². The minimum absolute atomic E-state index is 0.434. The summed E-state index contributed by atoms with van der Waals surface area (Å²) in [7, 11) is 0. The zero-order valence-corrected chi connectivity index (χ0v) is 13.0. The van der Waals surface area contributed by atoms with Gasteiger partial charge >= 0.3 is 12.1 Å². The van der Waals surface area contributed by atoms with E-state index < -0.39 is 57.4 Å². The van der Waals surface area contributed by atoms with Crippen LogP contribution in [0, 0.1) is 11.8 Å². The largest absolute Gasteiger partial charge is 0.480 e. The molecule has 1 N–H and O–H groups in total. The van der Waals surface area contributed by atoms with Crippen LogP contribution in [0.1, 0.15) is 19.3 Å². The first-order chi connectivity index (χ1) is 10.4. The fourth-order valence-corrected chi connectivity index (χ4v) is 2.69. The summed E-state index contributed by atoms with van der Waals surface area (Å²) in [5, 5.41) is 9.09. The molecule has 0 aromatic rings. The zero-order valence-electron chi connectivity index (χ0n) is 11.5. The number of carbonyl (C=O) groups excluding carboxylic acids is 2. The molecule has 23 heavy (non-hydrogen) atoms. The predicted molar refractivity (Wildman–Crippen MR) is 75.1 cm³/mol. The van der Waals surface area contributed by atoms with Crippen LogP contribution in [0.2, 0.25) is 0 Å². The van der Waals surface area contributed by atoms with Gasteiger partial charge in [0.2, 0.25) is 0 Å². The standard InChI is InChI=1S/C14H11Cl2F3O4/c15-13(16)4-3-7(8(5-13)14(17,18)19)11(21)9(12(22)23)10(20)6-1-2-6/h3-4,6,9H,1-2,5H2,(H,22,23). The Labute approximate surface area is 138 Å². The summed E-state index contributed by atoms with van der Waals surface area (Å²) < 4.78 is 37.6. The number of halogens is 5. The van der Waals surface area contributed by atoms with E-state index >= 15 is 0 Å². The molecule has 0 heterocycles. The van der Waals surface area contributed by atoms with Crippen LogP contribution in [0.5, 0.6) is 0 Å². The maximum Gasteiger partial charge on any atom is 0.413 e. The van der Waals surface area contributed by atoms with Crippen molar-refractivity contribution in [3.63, 3.8) is 0 Å². The van der Waals surface area contributed by atoms with Gasteiger partial charge in [-0.05, 0) is 18.9 Å². The molecule has 0 radical (unpaired) electrons. The van der Waals surface area contributed by atoms with Gasteiger partial charge in [-0.15, -0.1) is 0 Å². The van der Waals surface area contributed by atoms with Gasteiger partial charge in [-0.1, -0.05) is 29.3 Å². The van der Waals surface area contributed by atoms with Gasteiger partial charge in [-0.25, -0.2) is 0 Å². The molecular weight excluding hydrogens is 360 g/mol. The average molecular weight is 371 g/mol. The van der Waals surface area contributed by atoms with E-state index in [-0.39, 0.29) is 0 Å². The minimum atomic E-state index is -4.92. The Morgan fingerprint density at radius 3 is 2.26 bits per heavy atom. The lowest BCUT2D eigenvalue weighted by molar-refractivity contribution is -0.150. The Kier molecular flexibility index (Phi) is 4.65. The monoisotopic (exact) mass is 370 g/mol. The Morgan fingerprint density at radius 2 is 1.83 bits per heavy atom. The number of aliphatic carboxylic acids is 1. The Bertz CT molecular complexity index is 630. The van der Waals surface area contributed by atoms with Crippen molar-refractivity contribution in [2.75, 3.05) is 0 Å². The van der Waals surface area contributed by atoms with Gasteiger partial charge in [0.25, 0.3) is 0 Å². The lowest BCUT2D eigenvalue weighted by atomic mass is 9.85. The molecule has 2 aliphatic carbocycles. The van der Waals surface area contributed by atoms with Crippen LogP contribution >= 0.6 is 23.2 Å². The number of ketones is 2. The van der Waals surface area contributed by atoms with E-state index in [2.05, 4.69) is 0 Å². The van der Waals surface area contributed by atoms with Gasteiger partial charge in [0.15, 0.2) is 17.5 Å². The number of carboxylic acids is 1. The Hall–Kier alpha value is -1.34. The third-order valence-corrected chi connectivity index (χ3v) is 4.13. The highest BCUT2D eigenvalue weighted by Crippen LogP contribution is 2.44. The fraction of sp³-hybridized carbons (Fsp3) is 0.500. The predicted octanol–water partition coefficient (Wildman–Crippen LogP) is 3.23. The normalized spacial score (nSPS) is 22.0. The van der Waals surface area contributed by atoms with Crippen LogP contribution in [0.4, 0.5) is 13.2 Å². The van der Waals surface area contributed by atoms with Crippen LogP contribution in [-0.2, 0) is 14.4 Å². The van der Waals surface area contributed by atoms with Crippen molar-refractivity contribution < 1.29 is 32.7 Å². The SMILES string of the molecule is O=C(O)C(C(=O)C1=C(C(F)(F)F)CC(Cl)(Cl)C=C1)C(=O)C1CC1. The highest BCUT2D eigenvalue weighted by molar-refractivity contribution is 6.50. The first-order valence-electron chi connectivity index (χ1n) is 6.62. The van der Waals surface area contributed by atoms with E-state index in [9.17, 15) is 27.6 Å². The maximum absolute atomic E-state index is 13.1. The molecule has 0 bridgehead atoms. The summed E-state index contributed by atoms with van der Waals surface area (Å²) >= 11 is 11.3. The molecule has 0 amide bonds. The first-order valence-corrected chi connectivity index (χ1v) is 7.38. The summed E-state index contributed by atoms with van der Waals surface area (Å²) in [6.07, 6.45) is -3.24. The highest BCUT2D eigenvalue weighted by Gasteiger charge is 2.48. The average Bonchev–Trinajstić information content (AvgIpc) is 3.20. The Balaban J connectivity index is 2.44. The molecule has 0 spiro atoms. The number of rotatable bonds is 5. The number of carboxylic acid groups (broad SMARTS) is 1. The quantitative estimate of drug-likeness (QED) is 0.595. The van der Waals surface area contributed by atoms with Crippen LogP contribution in [0.15, 0.2) is 23.3 Å². The van der Waals surface area contributed by atoms with Crippen LogP contribution in [-0.4, -0.2) is 33.2 Å². The molecule has 1 unspecified atom stereocenters. The smallest absolute Gasteiger partial charge is 0.413 e. The summed E-state index contributed by atoms with van der Waals surface area (Å²) in [5.74, 6) is -6.73. The zero-order chi connectivity index (χ0) is 17.6. The molecule has 0 aromatic heterocycles. The van der Waals surface area contributed by atoms with Gasteiger partial charge in [-0.2, -0.15) is 13.2 Å². The molecule has 1 atom stereocenters. The van der Waals surface area contributed by atoms with Crippen LogP contribution < -0.4 is 0 Å². The van der Waals surface area contributed by atoms with Crippen LogP contribution in [0.25, 0.3) is 0 Å². The number of hydrogen-bond acceptors (Lipinski definition) is 3. The third-order valence-electron chi connectivity index (χ3n) is 3.61. The molecule has 2 rings (SSSR count). The van der Waals surface area contributed by atoms with Crippen molar-refractivity contribution in [3.05, 3.63) is 23.3 Å². The molecule has 0 aromatic carbocycles. The number of hydrogen-bond donors (Lipinski definition) is 1. The van der Waals surface area contributed by atoms with E-state index in [1.807, 2.05) is 0 Å². The maximum atomic E-state index is 13.1.